The molecular weight excluding hydrogens is 426 g/mol. The van der Waals surface area contributed by atoms with E-state index in [4.69, 9.17) is 0 Å². The molecule has 0 atom stereocenters. The Morgan fingerprint density at radius 3 is 2.48 bits per heavy atom. The van der Waals surface area contributed by atoms with E-state index in [0.717, 1.165) is 5.41 Å². The van der Waals surface area contributed by atoms with E-state index in [0.29, 0.717) is 41.0 Å². The summed E-state index contributed by atoms with van der Waals surface area (Å²) in [6.07, 6.45) is 1.94. The van der Waals surface area contributed by atoms with Crippen LogP contribution < -0.4 is 20.9 Å². The second-order valence-corrected chi connectivity index (χ2v) is 9.28. The van der Waals surface area contributed by atoms with Crippen molar-refractivity contribution in [3.8, 4) is 11.1 Å². The third kappa shape index (κ3) is 5.43. The Morgan fingerprint density at radius 1 is 1.19 bits per heavy atom. The Labute approximate surface area is 180 Å². The van der Waals surface area contributed by atoms with Gasteiger partial charge in [0.2, 0.25) is 5.92 Å². The van der Waals surface area contributed by atoms with Gasteiger partial charge in [0.05, 0.1) is 0 Å². The van der Waals surface area contributed by atoms with Gasteiger partial charge in [0, 0.05) is 67.1 Å². The van der Waals surface area contributed by atoms with Crippen molar-refractivity contribution in [2.75, 3.05) is 22.4 Å². The van der Waals surface area contributed by atoms with E-state index in [1.54, 1.807) is 44.6 Å². The molecule has 10 heteroatoms. The van der Waals surface area contributed by atoms with Crippen LogP contribution in [0, 0.1) is 0 Å². The molecule has 2 aromatic rings. The minimum absolute atomic E-state index is 0.134. The van der Waals surface area contributed by atoms with Crippen LogP contribution in [0.4, 0.5) is 25.8 Å². The van der Waals surface area contributed by atoms with Gasteiger partial charge >= 0.3 is 0 Å². The van der Waals surface area contributed by atoms with Gasteiger partial charge in [-0.3, -0.25) is 9.52 Å². The molecule has 1 fully saturated rings. The molecule has 31 heavy (non-hydrogen) atoms. The summed E-state index contributed by atoms with van der Waals surface area (Å²) in [5.74, 6) is -2.63. The van der Waals surface area contributed by atoms with E-state index in [9.17, 15) is 22.0 Å². The molecule has 0 unspecified atom stereocenters. The molecule has 0 radical (unpaired) electrons. The molecule has 0 aliphatic heterocycles. The van der Waals surface area contributed by atoms with Crippen molar-refractivity contribution in [2.45, 2.75) is 37.6 Å². The summed E-state index contributed by atoms with van der Waals surface area (Å²) in [6, 6.07) is 6.47. The van der Waals surface area contributed by atoms with E-state index in [1.165, 1.54) is 4.57 Å². The van der Waals surface area contributed by atoms with E-state index < -0.39 is 15.9 Å². The number of nitrogens with zero attached hydrogens (tertiary/aromatic N) is 1. The van der Waals surface area contributed by atoms with Gasteiger partial charge in [-0.2, -0.15) is 0 Å². The van der Waals surface area contributed by atoms with E-state index in [1.807, 2.05) is 0 Å². The van der Waals surface area contributed by atoms with Crippen LogP contribution in [0.1, 0.15) is 25.7 Å². The fourth-order valence-electron chi connectivity index (χ4n) is 3.62. The molecule has 1 heterocycles. The van der Waals surface area contributed by atoms with Crippen molar-refractivity contribution in [3.63, 3.8) is 0 Å². The smallest absolute Gasteiger partial charge is 0.273 e. The first kappa shape index (κ1) is 22.8. The van der Waals surface area contributed by atoms with E-state index in [2.05, 4.69) is 21.9 Å². The average molecular weight is 453 g/mol. The van der Waals surface area contributed by atoms with Crippen molar-refractivity contribution in [1.82, 2.24) is 4.57 Å². The molecule has 0 saturated heterocycles. The Kier molecular flexibility index (Phi) is 6.40. The van der Waals surface area contributed by atoms with Crippen molar-refractivity contribution in [2.24, 2.45) is 7.05 Å². The monoisotopic (exact) mass is 452 g/mol. The lowest BCUT2D eigenvalue weighted by atomic mass is 9.91. The molecule has 3 rings (SSSR count). The van der Waals surface area contributed by atoms with Crippen molar-refractivity contribution < 1.29 is 17.2 Å². The Balaban J connectivity index is 2.03. The van der Waals surface area contributed by atoms with Crippen LogP contribution in [-0.2, 0) is 17.1 Å². The zero-order valence-electron chi connectivity index (χ0n) is 17.4. The molecule has 0 amide bonds. The maximum Gasteiger partial charge on any atom is 0.273 e. The van der Waals surface area contributed by atoms with E-state index >= 15 is 0 Å². The summed E-state index contributed by atoms with van der Waals surface area (Å²) in [7, 11) is -0.456. The number of benzene rings is 1. The fourth-order valence-corrected chi connectivity index (χ4v) is 4.16. The van der Waals surface area contributed by atoms with Gasteiger partial charge in [0.15, 0.2) is 0 Å². The summed E-state index contributed by atoms with van der Waals surface area (Å²) < 4.78 is 54.7. The van der Waals surface area contributed by atoms with Gasteiger partial charge < -0.3 is 15.2 Å². The van der Waals surface area contributed by atoms with Gasteiger partial charge in [-0.15, -0.1) is 0 Å². The van der Waals surface area contributed by atoms with Crippen LogP contribution in [0.3, 0.4) is 0 Å². The number of hydrogen-bond donors (Lipinski definition) is 3. The number of halogens is 2. The van der Waals surface area contributed by atoms with Crippen LogP contribution in [0.25, 0.3) is 11.1 Å². The predicted molar refractivity (Wildman–Crippen MR) is 120 cm³/mol. The molecule has 0 bridgehead atoms. The van der Waals surface area contributed by atoms with Crippen molar-refractivity contribution in [3.05, 3.63) is 52.8 Å². The lowest BCUT2D eigenvalue weighted by Crippen LogP contribution is -2.32. The van der Waals surface area contributed by atoms with Crippen LogP contribution in [-0.4, -0.2) is 32.0 Å². The molecule has 1 aromatic heterocycles. The van der Waals surface area contributed by atoms with Crippen LogP contribution in [0.2, 0.25) is 0 Å². The zero-order chi connectivity index (χ0) is 22.8. The van der Waals surface area contributed by atoms with Gasteiger partial charge in [-0.05, 0) is 37.1 Å². The summed E-state index contributed by atoms with van der Waals surface area (Å²) in [5, 5.41) is 6.99. The Morgan fingerprint density at radius 2 is 1.87 bits per heavy atom. The number of hydrogen-bond acceptors (Lipinski definition) is 5. The molecule has 7 nitrogen and oxygen atoms in total. The first-order chi connectivity index (χ1) is 14.5. The summed E-state index contributed by atoms with van der Waals surface area (Å²) in [4.78, 5) is 12.3. The van der Waals surface area contributed by atoms with Crippen molar-refractivity contribution in [1.29, 1.82) is 0 Å². The minimum atomic E-state index is -3.71. The lowest BCUT2D eigenvalue weighted by molar-refractivity contribution is -0.0360. The van der Waals surface area contributed by atoms with Crippen LogP contribution in [0.15, 0.2) is 47.2 Å². The largest absolute Gasteiger partial charge is 0.384 e. The SMILES string of the molecule is C=CS(=O)(=O)Nc1ccc(NC2CCC(F)(F)CC2)c(-c2cc(NC)c(=O)n(C)c2)c1. The minimum Gasteiger partial charge on any atom is -0.384 e. The molecule has 1 aliphatic carbocycles. The Hall–Kier alpha value is -2.88. The maximum atomic E-state index is 13.5. The lowest BCUT2D eigenvalue weighted by Gasteiger charge is -2.30. The highest BCUT2D eigenvalue weighted by Gasteiger charge is 2.35. The molecular formula is C21H26F2N4O3S. The normalized spacial score (nSPS) is 16.5. The van der Waals surface area contributed by atoms with Crippen LogP contribution >= 0.6 is 0 Å². The highest BCUT2D eigenvalue weighted by atomic mass is 32.2. The number of alkyl halides is 2. The van der Waals surface area contributed by atoms with Crippen LogP contribution in [0.5, 0.6) is 0 Å². The second kappa shape index (κ2) is 8.70. The zero-order valence-corrected chi connectivity index (χ0v) is 18.2. The predicted octanol–water partition coefficient (Wildman–Crippen LogP) is 3.97. The maximum absolute atomic E-state index is 13.5. The third-order valence-corrected chi connectivity index (χ3v) is 6.30. The number of sulfonamides is 1. The molecule has 1 saturated carbocycles. The number of aryl methyl sites for hydroxylation is 1. The average Bonchev–Trinajstić information content (AvgIpc) is 2.72. The quantitative estimate of drug-likeness (QED) is 0.591. The summed E-state index contributed by atoms with van der Waals surface area (Å²) in [6.45, 7) is 3.29. The Bertz CT molecular complexity index is 1140. The topological polar surface area (TPSA) is 92.2 Å². The third-order valence-electron chi connectivity index (χ3n) is 5.34. The van der Waals surface area contributed by atoms with Gasteiger partial charge in [-0.25, -0.2) is 17.2 Å². The molecule has 1 aromatic carbocycles. The molecule has 168 valence electrons. The summed E-state index contributed by atoms with van der Waals surface area (Å²) in [5.41, 5.74) is 2.44. The first-order valence-corrected chi connectivity index (χ1v) is 11.4. The summed E-state index contributed by atoms with van der Waals surface area (Å²) >= 11 is 0. The fraction of sp³-hybridized carbons (Fsp3) is 0.381. The molecule has 0 spiro atoms. The number of nitrogens with one attached hydrogen (secondary N) is 3. The van der Waals surface area contributed by atoms with Crippen molar-refractivity contribution >= 4 is 27.1 Å². The molecule has 3 N–H and O–H groups in total. The second-order valence-electron chi connectivity index (χ2n) is 7.66. The van der Waals surface area contributed by atoms with Gasteiger partial charge in [-0.1, -0.05) is 6.58 Å². The first-order valence-electron chi connectivity index (χ1n) is 9.86. The highest BCUT2D eigenvalue weighted by Crippen LogP contribution is 2.37. The van der Waals surface area contributed by atoms with Gasteiger partial charge in [0.1, 0.15) is 5.69 Å². The number of rotatable bonds is 7. The standard InChI is InChI=1S/C21H26F2N4O3S/c1-4-31(29,30)26-16-5-6-18(25-15-7-9-21(22,23)10-8-15)17(12-16)14-11-19(24-2)20(28)27(3)13-14/h4-6,11-13,15,24-26H,1,7-10H2,2-3H3. The number of aromatic nitrogens is 1. The number of anilines is 3. The van der Waals surface area contributed by atoms with E-state index in [-0.39, 0.29) is 24.4 Å². The molecule has 1 aliphatic rings. The van der Waals surface area contributed by atoms with Gasteiger partial charge in [0.25, 0.3) is 15.6 Å². The highest BCUT2D eigenvalue weighted by molar-refractivity contribution is 7.95. The number of pyridine rings is 1.